The molecule has 1 saturated carbocycles. The minimum atomic E-state index is -4.25. The second kappa shape index (κ2) is 12.6. The maximum atomic E-state index is 13.9. The van der Waals surface area contributed by atoms with Crippen LogP contribution in [0.3, 0.4) is 0 Å². The number of carboxylic acid groups (broad SMARTS) is 1. The van der Waals surface area contributed by atoms with Crippen LogP contribution in [-0.4, -0.2) is 45.9 Å². The molecule has 12 nitrogen and oxygen atoms in total. The first kappa shape index (κ1) is 30.1. The maximum absolute atomic E-state index is 13.9. The summed E-state index contributed by atoms with van der Waals surface area (Å²) in [5, 5.41) is 12.3. The lowest BCUT2D eigenvalue weighted by atomic mass is 10.1. The van der Waals surface area contributed by atoms with Gasteiger partial charge in [-0.2, -0.15) is 10.1 Å². The Morgan fingerprint density at radius 1 is 1.21 bits per heavy atom. The van der Waals surface area contributed by atoms with Gasteiger partial charge in [-0.3, -0.25) is 18.7 Å². The second-order valence-corrected chi connectivity index (χ2v) is 11.9. The van der Waals surface area contributed by atoms with E-state index in [4.69, 9.17) is 19.5 Å². The fraction of sp³-hybridized carbons (Fsp3) is 0.462. The van der Waals surface area contributed by atoms with E-state index < -0.39 is 36.8 Å². The molecule has 3 rings (SSSR count). The largest absolute Gasteiger partial charge is 0.480 e. The molecule has 39 heavy (non-hydrogen) atoms. The number of carboxylic acids is 1. The van der Waals surface area contributed by atoms with Crippen LogP contribution in [0.5, 0.6) is 5.75 Å². The van der Waals surface area contributed by atoms with Crippen LogP contribution in [0, 0.1) is 17.3 Å². The average Bonchev–Trinajstić information content (AvgIpc) is 3.55. The number of benzene rings is 1. The van der Waals surface area contributed by atoms with Crippen LogP contribution >= 0.6 is 7.75 Å². The van der Waals surface area contributed by atoms with Crippen molar-refractivity contribution < 1.29 is 33.0 Å². The van der Waals surface area contributed by atoms with Crippen LogP contribution in [0.2, 0.25) is 0 Å². The molecule has 1 aromatic heterocycles. The smallest absolute Gasteiger partial charge is 0.459 e. The zero-order chi connectivity index (χ0) is 28.8. The van der Waals surface area contributed by atoms with E-state index in [9.17, 15) is 24.1 Å². The Balaban J connectivity index is 1.89. The molecule has 0 radical (unpaired) electrons. The van der Waals surface area contributed by atoms with Crippen LogP contribution in [-0.2, 0) is 23.4 Å². The molecule has 1 aliphatic rings. The first-order valence-electron chi connectivity index (χ1n) is 12.5. The van der Waals surface area contributed by atoms with Crippen LogP contribution in [0.15, 0.2) is 53.0 Å². The number of hydrogen-bond donors (Lipinski definition) is 3. The van der Waals surface area contributed by atoms with Crippen molar-refractivity contribution in [1.82, 2.24) is 14.6 Å². The number of nitrogens with one attached hydrogen (secondary N) is 1. The highest BCUT2D eigenvalue weighted by Gasteiger charge is 2.52. The molecule has 2 unspecified atom stereocenters. The topological polar surface area (TPSA) is 172 Å². The van der Waals surface area contributed by atoms with E-state index in [1.807, 2.05) is 13.8 Å². The number of ether oxygens (including phenoxy) is 1. The van der Waals surface area contributed by atoms with Gasteiger partial charge in [-0.25, -0.2) is 9.36 Å². The van der Waals surface area contributed by atoms with Crippen LogP contribution < -0.4 is 21.0 Å². The van der Waals surface area contributed by atoms with E-state index in [2.05, 4.69) is 10.1 Å². The number of para-hydroxylation sites is 1. The minimum Gasteiger partial charge on any atom is -0.480 e. The predicted octanol–water partition coefficient (Wildman–Crippen LogP) is 3.55. The number of aromatic nitrogens is 2. The summed E-state index contributed by atoms with van der Waals surface area (Å²) in [6.45, 7) is 6.73. The molecule has 1 aliphatic carbocycles. The summed E-state index contributed by atoms with van der Waals surface area (Å²) in [6.07, 6.45) is 3.53. The van der Waals surface area contributed by atoms with Gasteiger partial charge in [0, 0.05) is 12.4 Å². The molecule has 0 spiro atoms. The van der Waals surface area contributed by atoms with Crippen molar-refractivity contribution in [1.29, 1.82) is 0 Å². The van der Waals surface area contributed by atoms with E-state index in [1.165, 1.54) is 23.0 Å². The zero-order valence-corrected chi connectivity index (χ0v) is 23.3. The summed E-state index contributed by atoms with van der Waals surface area (Å²) in [5.74, 6) is -1.74. The third kappa shape index (κ3) is 8.51. The van der Waals surface area contributed by atoms with Gasteiger partial charge in [-0.15, -0.1) is 0 Å². The number of nitrogen functional groups attached to an aromatic ring is 1. The number of nitrogens with two attached hydrogens (primary N) is 1. The first-order valence-corrected chi connectivity index (χ1v) is 14.1. The number of anilines is 1. The molecule has 1 aromatic carbocycles. The molecule has 1 heterocycles. The average molecular weight is 563 g/mol. The Bertz CT molecular complexity index is 1310. The SMILES string of the molecule is CC(C)CC(N[P@](=O)(OCC1(COC(=O)C(C)C)C/C1=C/n1ccc(N)nc1=O)Oc1ccccc1)C(=O)O. The highest BCUT2D eigenvalue weighted by atomic mass is 31.2. The summed E-state index contributed by atoms with van der Waals surface area (Å²) >= 11 is 0. The number of hydrogen-bond acceptors (Lipinski definition) is 9. The van der Waals surface area contributed by atoms with Crippen molar-refractivity contribution >= 4 is 31.7 Å². The van der Waals surface area contributed by atoms with Gasteiger partial charge < -0.3 is 20.1 Å². The van der Waals surface area contributed by atoms with Crippen molar-refractivity contribution in [2.75, 3.05) is 18.9 Å². The molecule has 0 bridgehead atoms. The fourth-order valence-corrected chi connectivity index (χ4v) is 5.28. The number of nitrogens with zero attached hydrogens (tertiary/aromatic N) is 2. The molecule has 212 valence electrons. The van der Waals surface area contributed by atoms with Crippen LogP contribution in [0.1, 0.15) is 40.5 Å². The lowest BCUT2D eigenvalue weighted by molar-refractivity contribution is -0.149. The van der Waals surface area contributed by atoms with Crippen LogP contribution in [0.25, 0.3) is 6.20 Å². The summed E-state index contributed by atoms with van der Waals surface area (Å²) in [6, 6.07) is 8.49. The third-order valence-electron chi connectivity index (χ3n) is 5.99. The molecule has 0 aliphatic heterocycles. The van der Waals surface area contributed by atoms with E-state index >= 15 is 0 Å². The molecule has 1 fully saturated rings. The molecular weight excluding hydrogens is 527 g/mol. The van der Waals surface area contributed by atoms with Gasteiger partial charge in [0.05, 0.1) is 17.9 Å². The van der Waals surface area contributed by atoms with Crippen molar-refractivity contribution in [2.24, 2.45) is 17.3 Å². The first-order chi connectivity index (χ1) is 18.3. The summed E-state index contributed by atoms with van der Waals surface area (Å²) in [4.78, 5) is 40.1. The fourth-order valence-electron chi connectivity index (χ4n) is 3.69. The Morgan fingerprint density at radius 3 is 2.49 bits per heavy atom. The number of esters is 1. The van der Waals surface area contributed by atoms with E-state index in [-0.39, 0.29) is 43.0 Å². The van der Waals surface area contributed by atoms with Gasteiger partial charge in [0.15, 0.2) is 0 Å². The van der Waals surface area contributed by atoms with Crippen molar-refractivity contribution in [2.45, 2.75) is 46.6 Å². The Labute approximate surface area is 226 Å². The second-order valence-electron chi connectivity index (χ2n) is 10.2. The molecule has 0 saturated heterocycles. The zero-order valence-electron chi connectivity index (χ0n) is 22.4. The van der Waals surface area contributed by atoms with Crippen molar-refractivity contribution in [3.63, 3.8) is 0 Å². The van der Waals surface area contributed by atoms with Gasteiger partial charge in [0.25, 0.3) is 0 Å². The number of carbonyl (C=O) groups is 2. The molecule has 13 heteroatoms. The number of rotatable bonds is 14. The van der Waals surface area contributed by atoms with Gasteiger partial charge in [-0.1, -0.05) is 45.9 Å². The highest BCUT2D eigenvalue weighted by Crippen LogP contribution is 2.56. The van der Waals surface area contributed by atoms with Gasteiger partial charge in [0.1, 0.15) is 24.2 Å². The summed E-state index contributed by atoms with van der Waals surface area (Å²) in [5.41, 5.74) is 4.73. The molecule has 4 N–H and O–H groups in total. The quantitative estimate of drug-likeness (QED) is 0.227. The molecule has 3 atom stereocenters. The Morgan fingerprint density at radius 2 is 1.90 bits per heavy atom. The van der Waals surface area contributed by atoms with Crippen molar-refractivity contribution in [3.05, 3.63) is 58.7 Å². The Hall–Kier alpha value is -3.47. The molecule has 2 aromatic rings. The minimum absolute atomic E-state index is 0.0182. The van der Waals surface area contributed by atoms with Gasteiger partial charge >= 0.3 is 25.4 Å². The maximum Gasteiger partial charge on any atom is 0.459 e. The van der Waals surface area contributed by atoms with E-state index in [1.54, 1.807) is 44.2 Å². The van der Waals surface area contributed by atoms with Gasteiger partial charge in [-0.05, 0) is 42.5 Å². The number of aliphatic carboxylic acids is 1. The summed E-state index contributed by atoms with van der Waals surface area (Å²) < 4.78 is 32.2. The monoisotopic (exact) mass is 562 g/mol. The van der Waals surface area contributed by atoms with Crippen LogP contribution in [0.4, 0.5) is 5.82 Å². The predicted molar refractivity (Wildman–Crippen MR) is 145 cm³/mol. The van der Waals surface area contributed by atoms with Crippen molar-refractivity contribution in [3.8, 4) is 5.75 Å². The number of carbonyl (C=O) groups excluding carboxylic acids is 1. The van der Waals surface area contributed by atoms with Gasteiger partial charge in [0.2, 0.25) is 0 Å². The lowest BCUT2D eigenvalue weighted by Crippen LogP contribution is -2.38. The normalized spacial score (nSPS) is 20.0. The molecule has 0 amide bonds. The highest BCUT2D eigenvalue weighted by molar-refractivity contribution is 7.52. The lowest BCUT2D eigenvalue weighted by Gasteiger charge is -2.26. The standard InChI is InChI=1S/C26H35N4O8P/c1-17(2)12-21(23(31)32)29-39(35,38-20-8-6-5-7-9-20)37-16-26(15-36-24(33)18(3)4)13-19(26)14-30-11-10-22(27)28-25(30)34/h5-11,14,17-18,21H,12-13,15-16H2,1-4H3,(H,29,35)(H,31,32)(H2,27,28,34)/b19-14-/t21?,26?,39-/m0/s1. The molecular formula is C26H35N4O8P. The third-order valence-corrected chi connectivity index (χ3v) is 7.54. The van der Waals surface area contributed by atoms with E-state index in [0.717, 1.165) is 0 Å². The summed E-state index contributed by atoms with van der Waals surface area (Å²) in [7, 11) is -4.25. The van der Waals surface area contributed by atoms with E-state index in [0.29, 0.717) is 12.0 Å². The Kier molecular flexibility index (Phi) is 9.71.